The third-order valence-electron chi connectivity index (χ3n) is 4.16. The van der Waals surface area contributed by atoms with Gasteiger partial charge in [0.2, 0.25) is 0 Å². The van der Waals surface area contributed by atoms with Crippen LogP contribution in [0.1, 0.15) is 51.5 Å². The second-order valence-electron chi connectivity index (χ2n) is 7.48. The third-order valence-corrected chi connectivity index (χ3v) is 4.16. The lowest BCUT2D eigenvalue weighted by Crippen LogP contribution is -2.07. The first kappa shape index (κ1) is 22.1. The van der Waals surface area contributed by atoms with Crippen LogP contribution in [0, 0.1) is 17.2 Å². The standard InChI is InChI=1S/C19H15FN2O3.C4H10/c1-10-16(20)17(24)15(11(2)23)9-22-7-6-14-13-5-3-4-12(8-21)19(13)25-18(10)14;1-4(2)3/h3-5,9,24H,6-7H2,1-2H3;4H,1-3H3/b16-10-,17-15-,22-9?;. The van der Waals surface area contributed by atoms with Crippen LogP contribution in [-0.2, 0) is 11.2 Å². The molecule has 1 aliphatic heterocycles. The first-order valence-electron chi connectivity index (χ1n) is 9.44. The van der Waals surface area contributed by atoms with E-state index in [1.54, 1.807) is 18.2 Å². The van der Waals surface area contributed by atoms with Crippen LogP contribution in [0.3, 0.4) is 0 Å². The minimum absolute atomic E-state index is 0.0710. The average Bonchev–Trinajstić information content (AvgIpc) is 3.03. The number of benzene rings is 1. The largest absolute Gasteiger partial charge is 0.504 e. The smallest absolute Gasteiger partial charge is 0.172 e. The Kier molecular flexibility index (Phi) is 7.11. The van der Waals surface area contributed by atoms with E-state index in [1.807, 2.05) is 0 Å². The van der Waals surface area contributed by atoms with Gasteiger partial charge in [-0.25, -0.2) is 4.39 Å². The molecule has 152 valence electrons. The Labute approximate surface area is 169 Å². The molecule has 0 saturated carbocycles. The number of nitriles is 1. The molecule has 0 fully saturated rings. The number of Topliss-reactive ketones (excluding diaryl/α,β-unsaturated/α-hetero) is 1. The van der Waals surface area contributed by atoms with Crippen molar-refractivity contribution in [2.45, 2.75) is 41.0 Å². The molecule has 0 bridgehead atoms. The van der Waals surface area contributed by atoms with Crippen LogP contribution in [0.2, 0.25) is 0 Å². The summed E-state index contributed by atoms with van der Waals surface area (Å²) >= 11 is 0. The molecule has 0 spiro atoms. The number of ketones is 1. The Hall–Kier alpha value is -3.20. The predicted molar refractivity (Wildman–Crippen MR) is 113 cm³/mol. The van der Waals surface area contributed by atoms with Gasteiger partial charge in [-0.3, -0.25) is 9.79 Å². The number of allylic oxidation sites excluding steroid dienone is 3. The predicted octanol–water partition coefficient (Wildman–Crippen LogP) is 5.70. The van der Waals surface area contributed by atoms with Crippen LogP contribution >= 0.6 is 0 Å². The quantitative estimate of drug-likeness (QED) is 0.670. The van der Waals surface area contributed by atoms with Crippen molar-refractivity contribution in [2.75, 3.05) is 6.54 Å². The molecule has 5 nitrogen and oxygen atoms in total. The molecule has 0 saturated heterocycles. The molecule has 6 heteroatoms. The Morgan fingerprint density at radius 3 is 2.59 bits per heavy atom. The summed E-state index contributed by atoms with van der Waals surface area (Å²) in [5.41, 5.74) is 1.33. The summed E-state index contributed by atoms with van der Waals surface area (Å²) in [6, 6.07) is 7.21. The molecule has 0 unspecified atom stereocenters. The number of nitrogens with zero attached hydrogens (tertiary/aromatic N) is 2. The number of aliphatic hydroxyl groups excluding tert-OH is 1. The minimum Gasteiger partial charge on any atom is -0.504 e. The van der Waals surface area contributed by atoms with E-state index in [2.05, 4.69) is 31.8 Å². The van der Waals surface area contributed by atoms with Crippen LogP contribution in [0.15, 0.2) is 44.8 Å². The van der Waals surface area contributed by atoms with E-state index in [-0.39, 0.29) is 16.9 Å². The minimum atomic E-state index is -0.947. The number of carbonyl (C=O) groups excluding carboxylic acids is 1. The highest BCUT2D eigenvalue weighted by atomic mass is 19.1. The zero-order valence-electron chi connectivity index (χ0n) is 17.3. The Bertz CT molecular complexity index is 1060. The lowest BCUT2D eigenvalue weighted by Gasteiger charge is -2.08. The van der Waals surface area contributed by atoms with E-state index in [0.29, 0.717) is 29.5 Å². The van der Waals surface area contributed by atoms with Crippen molar-refractivity contribution in [1.29, 1.82) is 5.26 Å². The SMILES string of the molecule is CC(=O)/C1=C(O)/C(F)=C(\C)c2oc3c(C#N)cccc3c2CCN=C1.CC(C)C. The Morgan fingerprint density at radius 1 is 1.34 bits per heavy atom. The molecular formula is C23H25FN2O3. The molecule has 1 aromatic carbocycles. The zero-order valence-corrected chi connectivity index (χ0v) is 17.3. The fraction of sp³-hybridized carbons (Fsp3) is 0.348. The Balaban J connectivity index is 0.000000687. The van der Waals surface area contributed by atoms with Crippen LogP contribution < -0.4 is 0 Å². The number of aliphatic hydroxyl groups is 1. The number of furan rings is 1. The highest BCUT2D eigenvalue weighted by Crippen LogP contribution is 2.36. The van der Waals surface area contributed by atoms with Gasteiger partial charge in [0.1, 0.15) is 11.8 Å². The van der Waals surface area contributed by atoms with E-state index >= 15 is 0 Å². The van der Waals surface area contributed by atoms with Gasteiger partial charge in [-0.2, -0.15) is 5.26 Å². The normalized spacial score (nSPS) is 19.4. The summed E-state index contributed by atoms with van der Waals surface area (Å²) in [6.45, 7) is 9.53. The van der Waals surface area contributed by atoms with Gasteiger partial charge in [0.15, 0.2) is 23.0 Å². The second kappa shape index (κ2) is 9.33. The van der Waals surface area contributed by atoms with Gasteiger partial charge < -0.3 is 9.52 Å². The summed E-state index contributed by atoms with van der Waals surface area (Å²) in [6.07, 6.45) is 1.64. The van der Waals surface area contributed by atoms with Crippen LogP contribution in [-0.4, -0.2) is 23.6 Å². The van der Waals surface area contributed by atoms with Gasteiger partial charge >= 0.3 is 0 Å². The molecule has 0 radical (unpaired) electrons. The monoisotopic (exact) mass is 396 g/mol. The average molecular weight is 396 g/mol. The van der Waals surface area contributed by atoms with Crippen LogP contribution in [0.25, 0.3) is 16.5 Å². The maximum Gasteiger partial charge on any atom is 0.172 e. The zero-order chi connectivity index (χ0) is 21.7. The summed E-state index contributed by atoms with van der Waals surface area (Å²) in [7, 11) is 0. The number of hydrogen-bond donors (Lipinski definition) is 1. The number of hydrogen-bond acceptors (Lipinski definition) is 5. The first-order chi connectivity index (χ1) is 13.7. The molecule has 1 aliphatic rings. The maximum absolute atomic E-state index is 14.8. The van der Waals surface area contributed by atoms with Gasteiger partial charge in [-0.1, -0.05) is 32.9 Å². The van der Waals surface area contributed by atoms with E-state index < -0.39 is 17.4 Å². The van der Waals surface area contributed by atoms with Crippen molar-refractivity contribution in [3.63, 3.8) is 0 Å². The van der Waals surface area contributed by atoms with Crippen LogP contribution in [0.4, 0.5) is 4.39 Å². The van der Waals surface area contributed by atoms with Crippen molar-refractivity contribution in [3.8, 4) is 6.07 Å². The first-order valence-corrected chi connectivity index (χ1v) is 9.44. The lowest BCUT2D eigenvalue weighted by molar-refractivity contribution is -0.113. The van der Waals surface area contributed by atoms with E-state index in [0.717, 1.165) is 11.5 Å². The number of halogens is 1. The molecule has 2 aromatic rings. The van der Waals surface area contributed by atoms with Crippen molar-refractivity contribution in [3.05, 3.63) is 52.2 Å². The van der Waals surface area contributed by atoms with E-state index in [1.165, 1.54) is 20.1 Å². The van der Waals surface area contributed by atoms with Gasteiger partial charge in [0.05, 0.1) is 11.1 Å². The summed E-state index contributed by atoms with van der Waals surface area (Å²) < 4.78 is 20.5. The van der Waals surface area contributed by atoms with Crippen molar-refractivity contribution in [2.24, 2.45) is 10.9 Å². The topological polar surface area (TPSA) is 86.6 Å². The molecular weight excluding hydrogens is 371 g/mol. The highest BCUT2D eigenvalue weighted by Gasteiger charge is 2.23. The van der Waals surface area contributed by atoms with Crippen molar-refractivity contribution >= 4 is 28.5 Å². The number of fused-ring (bicyclic) bond motifs is 3. The second-order valence-corrected chi connectivity index (χ2v) is 7.48. The summed E-state index contributed by atoms with van der Waals surface area (Å²) in [5, 5.41) is 20.1. The maximum atomic E-state index is 14.8. The van der Waals surface area contributed by atoms with Gasteiger partial charge in [0.25, 0.3) is 0 Å². The summed E-state index contributed by atoms with van der Waals surface area (Å²) in [4.78, 5) is 15.8. The van der Waals surface area contributed by atoms with E-state index in [4.69, 9.17) is 4.42 Å². The van der Waals surface area contributed by atoms with E-state index in [9.17, 15) is 19.6 Å². The lowest BCUT2D eigenvalue weighted by atomic mass is 10.0. The number of aliphatic imine (C=N–C) groups is 1. The van der Waals surface area contributed by atoms with Crippen molar-refractivity contribution < 1.29 is 18.7 Å². The fourth-order valence-electron chi connectivity index (χ4n) is 2.86. The fourth-order valence-corrected chi connectivity index (χ4v) is 2.86. The molecule has 1 aromatic heterocycles. The molecule has 0 aliphatic carbocycles. The number of carbonyl (C=O) groups is 1. The van der Waals surface area contributed by atoms with Crippen molar-refractivity contribution in [1.82, 2.24) is 0 Å². The molecule has 29 heavy (non-hydrogen) atoms. The molecule has 0 atom stereocenters. The third kappa shape index (κ3) is 4.80. The Morgan fingerprint density at radius 2 is 2.00 bits per heavy atom. The number of rotatable bonds is 1. The molecule has 3 rings (SSSR count). The number of para-hydroxylation sites is 1. The highest BCUT2D eigenvalue weighted by molar-refractivity contribution is 6.13. The summed E-state index contributed by atoms with van der Waals surface area (Å²) in [5.74, 6) is -1.11. The van der Waals surface area contributed by atoms with Gasteiger partial charge in [-0.15, -0.1) is 0 Å². The molecule has 1 N–H and O–H groups in total. The van der Waals surface area contributed by atoms with Gasteiger partial charge in [0, 0.05) is 29.3 Å². The molecule has 0 amide bonds. The molecule has 2 heterocycles. The van der Waals surface area contributed by atoms with Gasteiger partial charge in [-0.05, 0) is 32.3 Å². The van der Waals surface area contributed by atoms with Crippen LogP contribution in [0.5, 0.6) is 0 Å².